The number of carbonyl (C=O) groups is 1. The Morgan fingerprint density at radius 3 is 2.67 bits per heavy atom. The standard InChI is InChI=1S/C14H28N2OS/c1-6-15-13-11(7-8-14(13,4)5)18-9-12(17)16-10(2)3/h10-11,13,15H,6-9H2,1-5H3,(H,16,17). The average molecular weight is 272 g/mol. The maximum Gasteiger partial charge on any atom is 0.230 e. The largest absolute Gasteiger partial charge is 0.353 e. The van der Waals surface area contributed by atoms with E-state index in [1.807, 2.05) is 25.6 Å². The fraction of sp³-hybridized carbons (Fsp3) is 0.929. The van der Waals surface area contributed by atoms with Gasteiger partial charge in [-0.05, 0) is 38.6 Å². The lowest BCUT2D eigenvalue weighted by molar-refractivity contribution is -0.119. The molecular weight excluding hydrogens is 244 g/mol. The van der Waals surface area contributed by atoms with E-state index in [-0.39, 0.29) is 11.9 Å². The molecule has 0 aromatic rings. The van der Waals surface area contributed by atoms with E-state index >= 15 is 0 Å². The number of hydrogen-bond acceptors (Lipinski definition) is 3. The molecule has 1 saturated carbocycles. The highest BCUT2D eigenvalue weighted by molar-refractivity contribution is 8.00. The molecule has 1 fully saturated rings. The Morgan fingerprint density at radius 1 is 1.44 bits per heavy atom. The molecule has 2 unspecified atom stereocenters. The summed E-state index contributed by atoms with van der Waals surface area (Å²) in [6, 6.07) is 0.766. The van der Waals surface area contributed by atoms with E-state index in [1.165, 1.54) is 12.8 Å². The van der Waals surface area contributed by atoms with Crippen LogP contribution in [0.5, 0.6) is 0 Å². The lowest BCUT2D eigenvalue weighted by Crippen LogP contribution is -2.44. The molecule has 0 spiro atoms. The Hall–Kier alpha value is -0.220. The molecule has 1 amide bonds. The van der Waals surface area contributed by atoms with Crippen LogP contribution in [0, 0.1) is 5.41 Å². The highest BCUT2D eigenvalue weighted by Crippen LogP contribution is 2.42. The summed E-state index contributed by atoms with van der Waals surface area (Å²) < 4.78 is 0. The molecule has 0 aromatic heterocycles. The van der Waals surface area contributed by atoms with Gasteiger partial charge in [0, 0.05) is 17.3 Å². The van der Waals surface area contributed by atoms with Crippen molar-refractivity contribution in [1.82, 2.24) is 10.6 Å². The van der Waals surface area contributed by atoms with Crippen molar-refractivity contribution in [2.45, 2.75) is 64.8 Å². The zero-order chi connectivity index (χ0) is 13.8. The molecule has 0 bridgehead atoms. The number of hydrogen-bond donors (Lipinski definition) is 2. The topological polar surface area (TPSA) is 41.1 Å². The third-order valence-corrected chi connectivity index (χ3v) is 4.95. The molecule has 0 aromatic carbocycles. The molecule has 106 valence electrons. The van der Waals surface area contributed by atoms with Crippen LogP contribution in [0.1, 0.15) is 47.5 Å². The van der Waals surface area contributed by atoms with Crippen LogP contribution in [-0.4, -0.2) is 35.5 Å². The van der Waals surface area contributed by atoms with Crippen LogP contribution in [0.4, 0.5) is 0 Å². The summed E-state index contributed by atoms with van der Waals surface area (Å²) in [5.74, 6) is 0.746. The van der Waals surface area contributed by atoms with E-state index in [9.17, 15) is 4.79 Å². The third-order valence-electron chi connectivity index (χ3n) is 3.59. The fourth-order valence-corrected chi connectivity index (χ4v) is 4.08. The van der Waals surface area contributed by atoms with E-state index in [4.69, 9.17) is 0 Å². The van der Waals surface area contributed by atoms with Gasteiger partial charge in [-0.25, -0.2) is 0 Å². The first-order chi connectivity index (χ1) is 8.36. The predicted molar refractivity (Wildman–Crippen MR) is 80.0 cm³/mol. The van der Waals surface area contributed by atoms with E-state index < -0.39 is 0 Å². The molecule has 1 rings (SSSR count). The van der Waals surface area contributed by atoms with Crippen LogP contribution >= 0.6 is 11.8 Å². The van der Waals surface area contributed by atoms with Gasteiger partial charge in [-0.15, -0.1) is 11.8 Å². The summed E-state index contributed by atoms with van der Waals surface area (Å²) in [5.41, 5.74) is 0.349. The van der Waals surface area contributed by atoms with E-state index in [1.54, 1.807) is 0 Å². The second-order valence-electron chi connectivity index (χ2n) is 6.13. The Labute approximate surface area is 116 Å². The van der Waals surface area contributed by atoms with Gasteiger partial charge in [0.2, 0.25) is 5.91 Å². The predicted octanol–water partition coefficient (Wildman–Crippen LogP) is 2.41. The van der Waals surface area contributed by atoms with Gasteiger partial charge < -0.3 is 10.6 Å². The van der Waals surface area contributed by atoms with Crippen LogP contribution in [0.25, 0.3) is 0 Å². The van der Waals surface area contributed by atoms with Crippen LogP contribution in [0.3, 0.4) is 0 Å². The summed E-state index contributed by atoms with van der Waals surface area (Å²) in [6.07, 6.45) is 2.46. The molecule has 4 heteroatoms. The van der Waals surface area contributed by atoms with Crippen LogP contribution < -0.4 is 10.6 Å². The van der Waals surface area contributed by atoms with Crippen molar-refractivity contribution in [3.8, 4) is 0 Å². The van der Waals surface area contributed by atoms with Gasteiger partial charge in [0.1, 0.15) is 0 Å². The molecule has 0 saturated heterocycles. The Balaban J connectivity index is 2.44. The first-order valence-electron chi connectivity index (χ1n) is 7.01. The molecule has 1 aliphatic carbocycles. The van der Waals surface area contributed by atoms with E-state index in [0.29, 0.717) is 22.5 Å². The molecule has 0 aliphatic heterocycles. The average Bonchev–Trinajstić information content (AvgIpc) is 2.52. The normalized spacial score (nSPS) is 26.6. The van der Waals surface area contributed by atoms with Crippen molar-refractivity contribution in [2.75, 3.05) is 12.3 Å². The minimum absolute atomic E-state index is 0.162. The lowest BCUT2D eigenvalue weighted by atomic mass is 9.87. The van der Waals surface area contributed by atoms with Crippen molar-refractivity contribution in [3.05, 3.63) is 0 Å². The highest BCUT2D eigenvalue weighted by Gasteiger charge is 2.41. The number of carbonyl (C=O) groups excluding carboxylic acids is 1. The lowest BCUT2D eigenvalue weighted by Gasteiger charge is -2.31. The maximum absolute atomic E-state index is 11.7. The summed E-state index contributed by atoms with van der Waals surface area (Å²) in [7, 11) is 0. The Bertz CT molecular complexity index is 279. The minimum atomic E-state index is 0.162. The molecular formula is C14H28N2OS. The quantitative estimate of drug-likeness (QED) is 0.780. The third kappa shape index (κ3) is 4.47. The van der Waals surface area contributed by atoms with E-state index in [2.05, 4.69) is 31.4 Å². The number of nitrogens with one attached hydrogen (secondary N) is 2. The van der Waals surface area contributed by atoms with E-state index in [0.717, 1.165) is 6.54 Å². The Kier molecular flexibility index (Phi) is 5.99. The van der Waals surface area contributed by atoms with Crippen LogP contribution in [0.2, 0.25) is 0 Å². The number of thioether (sulfide) groups is 1. The van der Waals surface area contributed by atoms with Gasteiger partial charge in [-0.1, -0.05) is 20.8 Å². The van der Waals surface area contributed by atoms with Crippen molar-refractivity contribution < 1.29 is 4.79 Å². The van der Waals surface area contributed by atoms with Gasteiger partial charge in [-0.3, -0.25) is 4.79 Å². The van der Waals surface area contributed by atoms with Crippen LogP contribution in [0.15, 0.2) is 0 Å². The summed E-state index contributed by atoms with van der Waals surface area (Å²) in [6.45, 7) is 11.8. The maximum atomic E-state index is 11.7. The van der Waals surface area contributed by atoms with Gasteiger partial charge in [0.05, 0.1) is 5.75 Å². The van der Waals surface area contributed by atoms with Gasteiger partial charge in [0.25, 0.3) is 0 Å². The minimum Gasteiger partial charge on any atom is -0.353 e. The van der Waals surface area contributed by atoms with Crippen LogP contribution in [-0.2, 0) is 4.79 Å². The second kappa shape index (κ2) is 6.80. The molecule has 18 heavy (non-hydrogen) atoms. The van der Waals surface area contributed by atoms with Gasteiger partial charge in [-0.2, -0.15) is 0 Å². The molecule has 0 heterocycles. The molecule has 2 atom stereocenters. The monoisotopic (exact) mass is 272 g/mol. The smallest absolute Gasteiger partial charge is 0.230 e. The highest BCUT2D eigenvalue weighted by atomic mass is 32.2. The number of amides is 1. The second-order valence-corrected chi connectivity index (χ2v) is 7.36. The fourth-order valence-electron chi connectivity index (χ4n) is 2.69. The molecule has 1 aliphatic rings. The SMILES string of the molecule is CCNC1C(SCC(=O)NC(C)C)CCC1(C)C. The molecule has 2 N–H and O–H groups in total. The van der Waals surface area contributed by atoms with Crippen molar-refractivity contribution in [2.24, 2.45) is 5.41 Å². The summed E-state index contributed by atoms with van der Waals surface area (Å²) in [4.78, 5) is 11.7. The molecule has 0 radical (unpaired) electrons. The summed E-state index contributed by atoms with van der Waals surface area (Å²) >= 11 is 1.81. The zero-order valence-electron chi connectivity index (χ0n) is 12.4. The first kappa shape index (κ1) is 15.8. The Morgan fingerprint density at radius 2 is 2.11 bits per heavy atom. The van der Waals surface area contributed by atoms with Crippen molar-refractivity contribution in [1.29, 1.82) is 0 Å². The summed E-state index contributed by atoms with van der Waals surface area (Å²) in [5, 5.41) is 7.12. The first-order valence-corrected chi connectivity index (χ1v) is 8.06. The van der Waals surface area contributed by atoms with Crippen molar-refractivity contribution in [3.63, 3.8) is 0 Å². The van der Waals surface area contributed by atoms with Crippen molar-refractivity contribution >= 4 is 17.7 Å². The zero-order valence-corrected chi connectivity index (χ0v) is 13.2. The van der Waals surface area contributed by atoms with Gasteiger partial charge >= 0.3 is 0 Å². The molecule has 3 nitrogen and oxygen atoms in total. The van der Waals surface area contributed by atoms with Gasteiger partial charge in [0.15, 0.2) is 0 Å². The number of rotatable bonds is 6.